The van der Waals surface area contributed by atoms with Crippen LogP contribution in [0.15, 0.2) is 35.2 Å². The van der Waals surface area contributed by atoms with Crippen molar-refractivity contribution >= 4 is 21.7 Å². The summed E-state index contributed by atoms with van der Waals surface area (Å²) in [5.41, 5.74) is -0.233. The number of hydrogen-bond acceptors (Lipinski definition) is 4. The lowest BCUT2D eigenvalue weighted by Gasteiger charge is -2.12. The van der Waals surface area contributed by atoms with Gasteiger partial charge in [-0.2, -0.15) is 0 Å². The summed E-state index contributed by atoms with van der Waals surface area (Å²) in [7, 11) is -4.26. The van der Waals surface area contributed by atoms with Crippen molar-refractivity contribution in [1.82, 2.24) is 0 Å². The predicted molar refractivity (Wildman–Crippen MR) is 81.7 cm³/mol. The third kappa shape index (κ3) is 3.26. The number of carboxylic acid groups (broad SMARTS) is 1. The van der Waals surface area contributed by atoms with Crippen molar-refractivity contribution in [2.24, 2.45) is 0 Å². The van der Waals surface area contributed by atoms with E-state index in [0.717, 1.165) is 12.1 Å². The smallest absolute Gasteiger partial charge is 0.336 e. The van der Waals surface area contributed by atoms with Crippen molar-refractivity contribution in [3.8, 4) is 5.75 Å². The van der Waals surface area contributed by atoms with Crippen molar-refractivity contribution in [2.45, 2.75) is 18.7 Å². The van der Waals surface area contributed by atoms with Gasteiger partial charge >= 0.3 is 5.97 Å². The number of anilines is 1. The molecule has 0 bridgehead atoms. The van der Waals surface area contributed by atoms with Gasteiger partial charge in [0.15, 0.2) is 0 Å². The molecule has 2 rings (SSSR count). The highest BCUT2D eigenvalue weighted by Gasteiger charge is 2.22. The number of carboxylic acids is 1. The molecular weight excluding hydrogens is 325 g/mol. The number of halogens is 1. The number of phenolic OH excluding ortho intramolecular Hbond substituents is 1. The normalized spacial score (nSPS) is 11.3. The lowest BCUT2D eigenvalue weighted by molar-refractivity contribution is 0.0695. The maximum Gasteiger partial charge on any atom is 0.336 e. The second kappa shape index (κ2) is 5.88. The molecule has 0 amide bonds. The summed E-state index contributed by atoms with van der Waals surface area (Å²) in [5, 5.41) is 18.9. The van der Waals surface area contributed by atoms with E-state index in [1.165, 1.54) is 19.1 Å². The van der Waals surface area contributed by atoms with E-state index in [2.05, 4.69) is 4.72 Å². The number of aromatic hydroxyl groups is 1. The van der Waals surface area contributed by atoms with Gasteiger partial charge < -0.3 is 10.2 Å². The molecule has 6 nitrogen and oxygen atoms in total. The molecule has 0 aliphatic rings. The molecule has 0 radical (unpaired) electrons. The zero-order valence-corrected chi connectivity index (χ0v) is 13.1. The molecule has 8 heteroatoms. The molecule has 23 heavy (non-hydrogen) atoms. The first-order valence-electron chi connectivity index (χ1n) is 6.48. The molecule has 0 saturated heterocycles. The molecule has 2 aromatic rings. The Balaban J connectivity index is 2.52. The van der Waals surface area contributed by atoms with Crippen molar-refractivity contribution in [1.29, 1.82) is 0 Å². The summed E-state index contributed by atoms with van der Waals surface area (Å²) in [6.45, 7) is 2.83. The number of carbonyl (C=O) groups is 1. The van der Waals surface area contributed by atoms with Gasteiger partial charge in [-0.3, -0.25) is 4.72 Å². The van der Waals surface area contributed by atoms with Crippen LogP contribution < -0.4 is 4.72 Å². The van der Waals surface area contributed by atoms with Crippen molar-refractivity contribution in [3.63, 3.8) is 0 Å². The average Bonchev–Trinajstić information content (AvgIpc) is 2.46. The van der Waals surface area contributed by atoms with E-state index in [9.17, 15) is 22.7 Å². The van der Waals surface area contributed by atoms with Gasteiger partial charge in [0.05, 0.1) is 16.1 Å². The lowest BCUT2D eigenvalue weighted by Crippen LogP contribution is -2.15. The van der Waals surface area contributed by atoms with Gasteiger partial charge in [-0.15, -0.1) is 0 Å². The van der Waals surface area contributed by atoms with Gasteiger partial charge in [0.1, 0.15) is 11.6 Å². The monoisotopic (exact) mass is 339 g/mol. The SMILES string of the molecule is Cc1cccc(NS(=O)(=O)c2cc(F)c(C)c(C(=O)O)c2)c1O. The predicted octanol–water partition coefficient (Wildman–Crippen LogP) is 2.65. The molecule has 0 aliphatic heterocycles. The van der Waals surface area contributed by atoms with Crippen molar-refractivity contribution in [3.05, 3.63) is 52.8 Å². The fourth-order valence-electron chi connectivity index (χ4n) is 1.98. The minimum Gasteiger partial charge on any atom is -0.505 e. The van der Waals surface area contributed by atoms with Crippen LogP contribution in [0.5, 0.6) is 5.75 Å². The maximum absolute atomic E-state index is 13.8. The first-order chi connectivity index (χ1) is 10.6. The van der Waals surface area contributed by atoms with Crippen LogP contribution in [0.1, 0.15) is 21.5 Å². The highest BCUT2D eigenvalue weighted by molar-refractivity contribution is 7.92. The van der Waals surface area contributed by atoms with Crippen LogP contribution in [-0.2, 0) is 10.0 Å². The molecule has 0 unspecified atom stereocenters. The molecule has 0 aliphatic carbocycles. The van der Waals surface area contributed by atoms with E-state index < -0.39 is 32.3 Å². The number of aryl methyl sites for hydroxylation is 1. The number of hydrogen-bond donors (Lipinski definition) is 3. The third-order valence-electron chi connectivity index (χ3n) is 3.34. The number of sulfonamides is 1. The molecule has 0 fully saturated rings. The first-order valence-corrected chi connectivity index (χ1v) is 7.96. The second-order valence-corrected chi connectivity index (χ2v) is 6.64. The lowest BCUT2D eigenvalue weighted by atomic mass is 10.1. The molecule has 0 saturated carbocycles. The highest BCUT2D eigenvalue weighted by Crippen LogP contribution is 2.29. The van der Waals surface area contributed by atoms with Crippen LogP contribution >= 0.6 is 0 Å². The van der Waals surface area contributed by atoms with Gasteiger partial charge in [0.2, 0.25) is 0 Å². The summed E-state index contributed by atoms with van der Waals surface area (Å²) in [4.78, 5) is 10.5. The average molecular weight is 339 g/mol. The Morgan fingerprint density at radius 2 is 1.87 bits per heavy atom. The first kappa shape index (κ1) is 16.8. The van der Waals surface area contributed by atoms with Gasteiger partial charge in [0.25, 0.3) is 10.0 Å². The van der Waals surface area contributed by atoms with Crippen LogP contribution in [0.2, 0.25) is 0 Å². The van der Waals surface area contributed by atoms with E-state index in [1.807, 2.05) is 0 Å². The Labute approximate surface area is 132 Å². The van der Waals surface area contributed by atoms with E-state index >= 15 is 0 Å². The van der Waals surface area contributed by atoms with Crippen LogP contribution in [0.25, 0.3) is 0 Å². The zero-order chi connectivity index (χ0) is 17.4. The largest absolute Gasteiger partial charge is 0.505 e. The Bertz CT molecular complexity index is 893. The number of benzene rings is 2. The maximum atomic E-state index is 13.8. The summed E-state index contributed by atoms with van der Waals surface area (Å²) < 4.78 is 40.6. The van der Waals surface area contributed by atoms with Gasteiger partial charge in [-0.1, -0.05) is 12.1 Å². The Morgan fingerprint density at radius 3 is 2.48 bits per heavy atom. The van der Waals surface area contributed by atoms with E-state index in [-0.39, 0.29) is 17.0 Å². The summed E-state index contributed by atoms with van der Waals surface area (Å²) in [6, 6.07) is 6.06. The number of rotatable bonds is 4. The van der Waals surface area contributed by atoms with Crippen molar-refractivity contribution < 1.29 is 27.8 Å². The van der Waals surface area contributed by atoms with Gasteiger partial charge in [-0.25, -0.2) is 17.6 Å². The van der Waals surface area contributed by atoms with Crippen LogP contribution in [0.3, 0.4) is 0 Å². The zero-order valence-electron chi connectivity index (χ0n) is 12.3. The molecular formula is C15H14FNO5S. The minimum absolute atomic E-state index is 0.0807. The fourth-order valence-corrected chi connectivity index (χ4v) is 3.08. The molecule has 0 aromatic heterocycles. The fraction of sp³-hybridized carbons (Fsp3) is 0.133. The molecule has 0 spiro atoms. The Kier molecular flexibility index (Phi) is 4.28. The quantitative estimate of drug-likeness (QED) is 0.743. The van der Waals surface area contributed by atoms with Crippen LogP contribution in [-0.4, -0.2) is 24.6 Å². The van der Waals surface area contributed by atoms with E-state index in [4.69, 9.17) is 5.11 Å². The topological polar surface area (TPSA) is 104 Å². The Morgan fingerprint density at radius 1 is 1.22 bits per heavy atom. The highest BCUT2D eigenvalue weighted by atomic mass is 32.2. The Hall–Kier alpha value is -2.61. The molecule has 0 atom stereocenters. The summed E-state index contributed by atoms with van der Waals surface area (Å²) in [6.07, 6.45) is 0. The standard InChI is InChI=1S/C15H14FNO5S/c1-8-4-3-5-13(14(8)18)17-23(21,22)10-6-11(15(19)20)9(2)12(16)7-10/h3-7,17-18H,1-2H3,(H,19,20). The van der Waals surface area contributed by atoms with Crippen LogP contribution in [0.4, 0.5) is 10.1 Å². The van der Waals surface area contributed by atoms with E-state index in [0.29, 0.717) is 5.56 Å². The second-order valence-electron chi connectivity index (χ2n) is 4.96. The number of aromatic carboxylic acids is 1. The molecule has 0 heterocycles. The third-order valence-corrected chi connectivity index (χ3v) is 4.69. The van der Waals surface area contributed by atoms with Crippen LogP contribution in [0, 0.1) is 19.7 Å². The number of para-hydroxylation sites is 1. The van der Waals surface area contributed by atoms with E-state index in [1.54, 1.807) is 13.0 Å². The summed E-state index contributed by atoms with van der Waals surface area (Å²) >= 11 is 0. The molecule has 3 N–H and O–H groups in total. The number of phenols is 1. The molecule has 122 valence electrons. The van der Waals surface area contributed by atoms with Gasteiger partial charge in [0, 0.05) is 0 Å². The van der Waals surface area contributed by atoms with Gasteiger partial charge in [-0.05, 0) is 43.2 Å². The molecule has 2 aromatic carbocycles. The number of nitrogens with one attached hydrogen (secondary N) is 1. The van der Waals surface area contributed by atoms with Crippen molar-refractivity contribution in [2.75, 3.05) is 4.72 Å². The minimum atomic E-state index is -4.26. The summed E-state index contributed by atoms with van der Waals surface area (Å²) in [5.74, 6) is -2.64.